The zero-order valence-corrected chi connectivity index (χ0v) is 7.64. The van der Waals surface area contributed by atoms with Gasteiger partial charge in [-0.1, -0.05) is 18.2 Å². The minimum absolute atomic E-state index is 0.612. The van der Waals surface area contributed by atoms with Crippen LogP contribution in [0, 0.1) is 0 Å². The van der Waals surface area contributed by atoms with Crippen molar-refractivity contribution in [2.75, 3.05) is 18.4 Å². The SMILES string of the molecule is c1cc2c(c([C@@H]3CCN3)c1)NCC2. The molecule has 3 rings (SSSR count). The maximum atomic E-state index is 3.48. The van der Waals surface area contributed by atoms with Crippen molar-refractivity contribution in [2.24, 2.45) is 0 Å². The van der Waals surface area contributed by atoms with E-state index in [9.17, 15) is 0 Å². The van der Waals surface area contributed by atoms with E-state index in [0.717, 1.165) is 6.54 Å². The van der Waals surface area contributed by atoms with Crippen LogP contribution >= 0.6 is 0 Å². The number of fused-ring (bicyclic) bond motifs is 1. The Balaban J connectivity index is 2.04. The first-order valence-electron chi connectivity index (χ1n) is 5.04. The second-order valence-corrected chi connectivity index (χ2v) is 3.85. The maximum absolute atomic E-state index is 3.48. The third-order valence-electron chi connectivity index (χ3n) is 3.08. The number of benzene rings is 1. The van der Waals surface area contributed by atoms with Crippen LogP contribution in [0.1, 0.15) is 23.6 Å². The minimum atomic E-state index is 0.612. The van der Waals surface area contributed by atoms with Gasteiger partial charge in [0.25, 0.3) is 0 Å². The van der Waals surface area contributed by atoms with E-state index in [0.29, 0.717) is 6.04 Å². The molecule has 1 saturated heterocycles. The normalized spacial score (nSPS) is 24.8. The van der Waals surface area contributed by atoms with Gasteiger partial charge in [0.2, 0.25) is 0 Å². The van der Waals surface area contributed by atoms with Gasteiger partial charge < -0.3 is 10.6 Å². The summed E-state index contributed by atoms with van der Waals surface area (Å²) < 4.78 is 0. The summed E-state index contributed by atoms with van der Waals surface area (Å²) in [5, 5.41) is 6.93. The predicted molar refractivity (Wildman–Crippen MR) is 54.0 cm³/mol. The van der Waals surface area contributed by atoms with Gasteiger partial charge in [-0.3, -0.25) is 0 Å². The highest BCUT2D eigenvalue weighted by atomic mass is 15.0. The van der Waals surface area contributed by atoms with Crippen LogP contribution in [0.15, 0.2) is 18.2 Å². The Morgan fingerprint density at radius 2 is 2.15 bits per heavy atom. The summed E-state index contributed by atoms with van der Waals surface area (Å²) in [6.07, 6.45) is 2.48. The Labute approximate surface area is 78.3 Å². The molecule has 68 valence electrons. The van der Waals surface area contributed by atoms with Crippen LogP contribution in [-0.4, -0.2) is 13.1 Å². The summed E-state index contributed by atoms with van der Waals surface area (Å²) >= 11 is 0. The number of rotatable bonds is 1. The van der Waals surface area contributed by atoms with Crippen molar-refractivity contribution in [1.29, 1.82) is 0 Å². The quantitative estimate of drug-likeness (QED) is 0.677. The number of nitrogens with one attached hydrogen (secondary N) is 2. The molecule has 13 heavy (non-hydrogen) atoms. The Morgan fingerprint density at radius 3 is 2.92 bits per heavy atom. The largest absolute Gasteiger partial charge is 0.384 e. The molecule has 0 radical (unpaired) electrons. The molecular formula is C11H14N2. The van der Waals surface area contributed by atoms with Crippen LogP contribution in [0.2, 0.25) is 0 Å². The molecule has 2 N–H and O–H groups in total. The molecule has 2 aliphatic heterocycles. The second kappa shape index (κ2) is 2.74. The summed E-state index contributed by atoms with van der Waals surface area (Å²) in [4.78, 5) is 0. The molecule has 0 unspecified atom stereocenters. The standard InChI is InChI=1S/C11H14N2/c1-2-8-4-6-13-11(8)9(3-1)10-5-7-12-10/h1-3,10,12-13H,4-7H2/t10-/m0/s1. The number of para-hydroxylation sites is 1. The summed E-state index contributed by atoms with van der Waals surface area (Å²) in [6.45, 7) is 2.29. The summed E-state index contributed by atoms with van der Waals surface area (Å²) in [7, 11) is 0. The molecule has 0 spiro atoms. The van der Waals surface area contributed by atoms with Gasteiger partial charge in [0.1, 0.15) is 0 Å². The van der Waals surface area contributed by atoms with Gasteiger partial charge in [-0.05, 0) is 30.5 Å². The van der Waals surface area contributed by atoms with E-state index in [1.807, 2.05) is 0 Å². The lowest BCUT2D eigenvalue weighted by atomic mass is 9.94. The molecule has 2 heterocycles. The van der Waals surface area contributed by atoms with Gasteiger partial charge in [-0.25, -0.2) is 0 Å². The lowest BCUT2D eigenvalue weighted by molar-refractivity contribution is 0.384. The van der Waals surface area contributed by atoms with Gasteiger partial charge in [0.05, 0.1) is 0 Å². The topological polar surface area (TPSA) is 24.1 Å². The van der Waals surface area contributed by atoms with Crippen molar-refractivity contribution in [1.82, 2.24) is 5.32 Å². The third kappa shape index (κ3) is 1.05. The number of hydrogen-bond donors (Lipinski definition) is 2. The van der Waals surface area contributed by atoms with Gasteiger partial charge in [0.15, 0.2) is 0 Å². The Hall–Kier alpha value is -1.02. The van der Waals surface area contributed by atoms with E-state index in [4.69, 9.17) is 0 Å². The van der Waals surface area contributed by atoms with E-state index in [1.54, 1.807) is 0 Å². The zero-order valence-electron chi connectivity index (χ0n) is 7.64. The highest BCUT2D eigenvalue weighted by molar-refractivity contribution is 5.62. The molecule has 1 aromatic rings. The van der Waals surface area contributed by atoms with Crippen molar-refractivity contribution in [3.8, 4) is 0 Å². The van der Waals surface area contributed by atoms with Crippen LogP contribution in [-0.2, 0) is 6.42 Å². The van der Waals surface area contributed by atoms with Gasteiger partial charge in [-0.2, -0.15) is 0 Å². The summed E-state index contributed by atoms with van der Waals surface area (Å²) in [6, 6.07) is 7.27. The lowest BCUT2D eigenvalue weighted by Gasteiger charge is -2.29. The van der Waals surface area contributed by atoms with E-state index in [2.05, 4.69) is 28.8 Å². The third-order valence-corrected chi connectivity index (χ3v) is 3.08. The lowest BCUT2D eigenvalue weighted by Crippen LogP contribution is -2.35. The molecule has 2 aliphatic rings. The average Bonchev–Trinajstić information content (AvgIpc) is 2.49. The molecular weight excluding hydrogens is 160 g/mol. The molecule has 2 nitrogen and oxygen atoms in total. The highest BCUT2D eigenvalue weighted by Crippen LogP contribution is 2.34. The van der Waals surface area contributed by atoms with Gasteiger partial charge >= 0.3 is 0 Å². The first-order chi connectivity index (χ1) is 6.45. The molecule has 1 fully saturated rings. The highest BCUT2D eigenvalue weighted by Gasteiger charge is 2.24. The molecule has 0 aromatic heterocycles. The molecule has 0 amide bonds. The monoisotopic (exact) mass is 174 g/mol. The molecule has 1 aromatic carbocycles. The van der Waals surface area contributed by atoms with Crippen molar-refractivity contribution < 1.29 is 0 Å². The van der Waals surface area contributed by atoms with Crippen LogP contribution in [0.3, 0.4) is 0 Å². The summed E-state index contributed by atoms with van der Waals surface area (Å²) in [5.41, 5.74) is 4.37. The maximum Gasteiger partial charge on any atom is 0.0422 e. The fourth-order valence-electron chi connectivity index (χ4n) is 2.21. The molecule has 0 saturated carbocycles. The zero-order chi connectivity index (χ0) is 8.67. The minimum Gasteiger partial charge on any atom is -0.384 e. The fraction of sp³-hybridized carbons (Fsp3) is 0.455. The van der Waals surface area contributed by atoms with Gasteiger partial charge in [-0.15, -0.1) is 0 Å². The molecule has 2 heteroatoms. The first-order valence-corrected chi connectivity index (χ1v) is 5.04. The fourth-order valence-corrected chi connectivity index (χ4v) is 2.21. The molecule has 0 bridgehead atoms. The average molecular weight is 174 g/mol. The van der Waals surface area contributed by atoms with E-state index in [-0.39, 0.29) is 0 Å². The van der Waals surface area contributed by atoms with Crippen molar-refractivity contribution in [3.05, 3.63) is 29.3 Å². The Morgan fingerprint density at radius 1 is 1.23 bits per heavy atom. The second-order valence-electron chi connectivity index (χ2n) is 3.85. The summed E-state index contributed by atoms with van der Waals surface area (Å²) in [5.74, 6) is 0. The Kier molecular flexibility index (Phi) is 1.56. The van der Waals surface area contributed by atoms with Crippen molar-refractivity contribution >= 4 is 5.69 Å². The van der Waals surface area contributed by atoms with Crippen LogP contribution in [0.4, 0.5) is 5.69 Å². The predicted octanol–water partition coefficient (Wildman–Crippen LogP) is 1.69. The van der Waals surface area contributed by atoms with Crippen molar-refractivity contribution in [2.45, 2.75) is 18.9 Å². The smallest absolute Gasteiger partial charge is 0.0422 e. The number of anilines is 1. The van der Waals surface area contributed by atoms with Crippen molar-refractivity contribution in [3.63, 3.8) is 0 Å². The van der Waals surface area contributed by atoms with Gasteiger partial charge in [0, 0.05) is 18.3 Å². The first kappa shape index (κ1) is 7.39. The number of hydrogen-bond acceptors (Lipinski definition) is 2. The van der Waals surface area contributed by atoms with Crippen LogP contribution < -0.4 is 10.6 Å². The van der Waals surface area contributed by atoms with E-state index < -0.39 is 0 Å². The van der Waals surface area contributed by atoms with E-state index >= 15 is 0 Å². The van der Waals surface area contributed by atoms with Crippen LogP contribution in [0.5, 0.6) is 0 Å². The van der Waals surface area contributed by atoms with E-state index in [1.165, 1.54) is 36.2 Å². The molecule has 1 atom stereocenters. The Bertz CT molecular complexity index is 329. The van der Waals surface area contributed by atoms with Crippen LogP contribution in [0.25, 0.3) is 0 Å². The molecule has 0 aliphatic carbocycles.